The van der Waals surface area contributed by atoms with E-state index >= 15 is 0 Å². The van der Waals surface area contributed by atoms with Crippen LogP contribution in [0.4, 0.5) is 0 Å². The summed E-state index contributed by atoms with van der Waals surface area (Å²) in [5.74, 6) is 1.85. The molecule has 2 aliphatic heterocycles. The second-order valence-electron chi connectivity index (χ2n) is 9.48. The predicted octanol–water partition coefficient (Wildman–Crippen LogP) is 4.65. The Bertz CT molecular complexity index is 1330. The van der Waals surface area contributed by atoms with E-state index in [0.717, 1.165) is 32.7 Å². The third-order valence-corrected chi connectivity index (χ3v) is 7.04. The molecule has 7 heteroatoms. The van der Waals surface area contributed by atoms with Crippen molar-refractivity contribution in [2.24, 2.45) is 0 Å². The monoisotopic (exact) mass is 500 g/mol. The number of nitrogens with zero attached hydrogens (tertiary/aromatic N) is 2. The Labute approximate surface area is 217 Å². The zero-order valence-electron chi connectivity index (χ0n) is 21.5. The second-order valence-corrected chi connectivity index (χ2v) is 9.48. The number of ether oxygens (including phenoxy) is 3. The van der Waals surface area contributed by atoms with Crippen molar-refractivity contribution in [3.8, 4) is 23.0 Å². The third kappa shape index (κ3) is 5.19. The van der Waals surface area contributed by atoms with Crippen molar-refractivity contribution < 1.29 is 24.1 Å². The van der Waals surface area contributed by atoms with E-state index in [1.54, 1.807) is 44.6 Å². The van der Waals surface area contributed by atoms with Crippen LogP contribution in [0.25, 0.3) is 6.08 Å². The van der Waals surface area contributed by atoms with Gasteiger partial charge in [-0.2, -0.15) is 0 Å². The zero-order valence-corrected chi connectivity index (χ0v) is 21.5. The molecule has 2 aliphatic rings. The largest absolute Gasteiger partial charge is 0.507 e. The molecule has 3 aromatic carbocycles. The third-order valence-electron chi connectivity index (χ3n) is 7.04. The number of carbonyl (C=O) groups excluding carboxylic acids is 1. The van der Waals surface area contributed by atoms with Gasteiger partial charge in [-0.1, -0.05) is 30.3 Å². The van der Waals surface area contributed by atoms with Crippen LogP contribution in [-0.4, -0.2) is 61.1 Å². The number of benzene rings is 3. The molecule has 1 N–H and O–H groups in total. The van der Waals surface area contributed by atoms with Crippen LogP contribution >= 0.6 is 0 Å². The predicted molar refractivity (Wildman–Crippen MR) is 142 cm³/mol. The van der Waals surface area contributed by atoms with Crippen LogP contribution in [0.3, 0.4) is 0 Å². The Hall–Kier alpha value is -3.81. The van der Waals surface area contributed by atoms with Crippen LogP contribution in [0.15, 0.2) is 60.4 Å². The lowest BCUT2D eigenvalue weighted by Gasteiger charge is -2.35. The van der Waals surface area contributed by atoms with Crippen LogP contribution in [0.2, 0.25) is 0 Å². The molecule has 0 unspecified atom stereocenters. The summed E-state index contributed by atoms with van der Waals surface area (Å²) < 4.78 is 16.9. The highest BCUT2D eigenvalue weighted by Gasteiger charge is 2.34. The highest BCUT2D eigenvalue weighted by molar-refractivity contribution is 6.16. The van der Waals surface area contributed by atoms with Crippen LogP contribution in [-0.2, 0) is 13.1 Å². The second kappa shape index (κ2) is 10.7. The van der Waals surface area contributed by atoms with Gasteiger partial charge in [0.2, 0.25) is 5.78 Å². The number of piperazine rings is 1. The van der Waals surface area contributed by atoms with Gasteiger partial charge in [-0.3, -0.25) is 14.6 Å². The molecule has 0 bridgehead atoms. The smallest absolute Gasteiger partial charge is 0.232 e. The van der Waals surface area contributed by atoms with Crippen molar-refractivity contribution in [3.05, 3.63) is 88.2 Å². The van der Waals surface area contributed by atoms with E-state index in [2.05, 4.69) is 34.1 Å². The van der Waals surface area contributed by atoms with Crippen molar-refractivity contribution in [2.45, 2.75) is 20.0 Å². The highest BCUT2D eigenvalue weighted by atomic mass is 16.5. The van der Waals surface area contributed by atoms with Crippen molar-refractivity contribution in [1.29, 1.82) is 0 Å². The molecule has 7 nitrogen and oxygen atoms in total. The fraction of sp³-hybridized carbons (Fsp3) is 0.300. The maximum Gasteiger partial charge on any atom is 0.232 e. The number of phenols is 1. The molecule has 0 atom stereocenters. The summed E-state index contributed by atoms with van der Waals surface area (Å²) in [7, 11) is 3.17. The molecule has 0 spiro atoms. The first kappa shape index (κ1) is 24.9. The molecule has 192 valence electrons. The van der Waals surface area contributed by atoms with Crippen LogP contribution in [0, 0.1) is 6.92 Å². The number of hydrogen-bond acceptors (Lipinski definition) is 7. The fourth-order valence-electron chi connectivity index (χ4n) is 5.00. The number of allylic oxidation sites excluding steroid dienone is 1. The lowest BCUT2D eigenvalue weighted by Crippen LogP contribution is -2.45. The Kier molecular flexibility index (Phi) is 7.17. The summed E-state index contributed by atoms with van der Waals surface area (Å²) >= 11 is 0. The van der Waals surface area contributed by atoms with E-state index < -0.39 is 0 Å². The van der Waals surface area contributed by atoms with Gasteiger partial charge >= 0.3 is 0 Å². The molecule has 37 heavy (non-hydrogen) atoms. The molecule has 0 radical (unpaired) electrons. The van der Waals surface area contributed by atoms with E-state index in [0.29, 0.717) is 46.0 Å². The topological polar surface area (TPSA) is 71.5 Å². The maximum absolute atomic E-state index is 13.4. The Morgan fingerprint density at radius 1 is 0.946 bits per heavy atom. The number of hydrogen-bond donors (Lipinski definition) is 1. The summed E-state index contributed by atoms with van der Waals surface area (Å²) in [6.45, 7) is 6.87. The van der Waals surface area contributed by atoms with Crippen LogP contribution in [0.1, 0.15) is 32.6 Å². The van der Waals surface area contributed by atoms with Gasteiger partial charge in [0.05, 0.1) is 25.3 Å². The number of Topliss-reactive ketones (excluding diaryl/α,β-unsaturated/α-hetero) is 1. The highest BCUT2D eigenvalue weighted by Crippen LogP contribution is 2.43. The number of aromatic hydroxyl groups is 1. The minimum atomic E-state index is -0.202. The van der Waals surface area contributed by atoms with E-state index in [4.69, 9.17) is 14.2 Å². The summed E-state index contributed by atoms with van der Waals surface area (Å²) in [5.41, 5.74) is 3.82. The molecule has 0 aromatic heterocycles. The number of fused-ring (bicyclic) bond motifs is 1. The molecule has 0 aliphatic carbocycles. The van der Waals surface area contributed by atoms with E-state index in [1.165, 1.54) is 5.56 Å². The zero-order chi connectivity index (χ0) is 25.9. The number of carbonyl (C=O) groups is 1. The SMILES string of the molecule is COc1ccc(OC)c(/C=C2\Oc3c(CN4CCN(Cc5ccccc5)CC4)c(O)cc(C)c3C2=O)c1. The van der Waals surface area contributed by atoms with Crippen LogP contribution < -0.4 is 14.2 Å². The van der Waals surface area contributed by atoms with E-state index in [1.807, 2.05) is 13.0 Å². The van der Waals surface area contributed by atoms with Gasteiger partial charge in [0, 0.05) is 44.8 Å². The van der Waals surface area contributed by atoms with Crippen molar-refractivity contribution in [1.82, 2.24) is 9.80 Å². The molecule has 5 rings (SSSR count). The minimum Gasteiger partial charge on any atom is -0.507 e. The summed E-state index contributed by atoms with van der Waals surface area (Å²) in [6.07, 6.45) is 1.67. The summed E-state index contributed by atoms with van der Waals surface area (Å²) in [5, 5.41) is 10.9. The number of rotatable bonds is 7. The molecular weight excluding hydrogens is 468 g/mol. The average Bonchev–Trinajstić information content (AvgIpc) is 3.24. The molecule has 2 heterocycles. The van der Waals surface area contributed by atoms with Gasteiger partial charge in [0.25, 0.3) is 0 Å². The lowest BCUT2D eigenvalue weighted by atomic mass is 9.99. The molecular formula is C30H32N2O5. The minimum absolute atomic E-state index is 0.149. The molecule has 0 saturated carbocycles. The fourth-order valence-corrected chi connectivity index (χ4v) is 5.00. The van der Waals surface area contributed by atoms with Crippen molar-refractivity contribution in [2.75, 3.05) is 40.4 Å². The summed E-state index contributed by atoms with van der Waals surface area (Å²) in [6, 6.07) is 17.5. The van der Waals surface area contributed by atoms with Gasteiger partial charge in [-0.25, -0.2) is 0 Å². The van der Waals surface area contributed by atoms with Gasteiger partial charge in [0.15, 0.2) is 5.76 Å². The van der Waals surface area contributed by atoms with Crippen molar-refractivity contribution >= 4 is 11.9 Å². The number of phenolic OH excluding ortho intramolecular Hbond substituents is 1. The van der Waals surface area contributed by atoms with Gasteiger partial charge in [0.1, 0.15) is 23.0 Å². The quantitative estimate of drug-likeness (QED) is 0.474. The molecule has 1 fully saturated rings. The summed E-state index contributed by atoms with van der Waals surface area (Å²) in [4.78, 5) is 18.1. The maximum atomic E-state index is 13.4. The first-order valence-corrected chi connectivity index (χ1v) is 12.5. The normalized spacial score (nSPS) is 17.1. The standard InChI is InChI=1S/C30H32N2O5/c1-20-15-25(33)24(19-32-13-11-31(12-14-32)18-21-7-5-4-6-8-21)30-28(20)29(34)27(37-30)17-22-16-23(35-2)9-10-26(22)36-3/h4-10,15-17,33H,11-14,18-19H2,1-3H3/b27-17-. The molecule has 0 amide bonds. The van der Waals surface area contributed by atoms with E-state index in [-0.39, 0.29) is 17.3 Å². The Balaban J connectivity index is 1.35. The Morgan fingerprint density at radius 2 is 1.65 bits per heavy atom. The number of methoxy groups -OCH3 is 2. The van der Waals surface area contributed by atoms with E-state index in [9.17, 15) is 9.90 Å². The molecule has 1 saturated heterocycles. The van der Waals surface area contributed by atoms with Gasteiger partial charge in [-0.15, -0.1) is 0 Å². The number of ketones is 1. The molecule has 3 aromatic rings. The number of aryl methyl sites for hydroxylation is 1. The first-order valence-electron chi connectivity index (χ1n) is 12.5. The first-order chi connectivity index (χ1) is 18.0. The van der Waals surface area contributed by atoms with Gasteiger partial charge in [-0.05, 0) is 48.4 Å². The lowest BCUT2D eigenvalue weighted by molar-refractivity contribution is 0.101. The average molecular weight is 501 g/mol. The van der Waals surface area contributed by atoms with Crippen molar-refractivity contribution in [3.63, 3.8) is 0 Å². The van der Waals surface area contributed by atoms with Crippen LogP contribution in [0.5, 0.6) is 23.0 Å². The van der Waals surface area contributed by atoms with Gasteiger partial charge < -0.3 is 19.3 Å². The Morgan fingerprint density at radius 3 is 2.32 bits per heavy atom.